The number of benzene rings is 1. The molecule has 1 fully saturated rings. The van der Waals surface area contributed by atoms with E-state index in [0.29, 0.717) is 12.1 Å². The zero-order valence-corrected chi connectivity index (χ0v) is 16.7. The molecule has 0 aliphatic heterocycles. The van der Waals surface area contributed by atoms with E-state index < -0.39 is 0 Å². The number of hydrogen-bond acceptors (Lipinski definition) is 4. The number of methoxy groups -OCH3 is 2. The van der Waals surface area contributed by atoms with Crippen molar-refractivity contribution in [1.82, 2.24) is 14.5 Å². The van der Waals surface area contributed by atoms with E-state index in [1.165, 1.54) is 12.8 Å². The first-order valence-electron chi connectivity index (χ1n) is 9.65. The fourth-order valence-electron chi connectivity index (χ4n) is 4.14. The third kappa shape index (κ3) is 2.95. The molecule has 5 nitrogen and oxygen atoms in total. The Morgan fingerprint density at radius 2 is 1.93 bits per heavy atom. The molecule has 1 aromatic carbocycles. The zero-order valence-electron chi connectivity index (χ0n) is 16.7. The molecule has 1 saturated carbocycles. The van der Waals surface area contributed by atoms with Gasteiger partial charge in [0.1, 0.15) is 11.3 Å². The van der Waals surface area contributed by atoms with Gasteiger partial charge in [0.15, 0.2) is 0 Å². The minimum absolute atomic E-state index is 0.430. The van der Waals surface area contributed by atoms with Crippen LogP contribution in [0.25, 0.3) is 22.3 Å². The van der Waals surface area contributed by atoms with Crippen molar-refractivity contribution in [2.24, 2.45) is 5.92 Å². The lowest BCUT2D eigenvalue weighted by molar-refractivity contribution is 0.323. The van der Waals surface area contributed by atoms with Gasteiger partial charge in [-0.2, -0.15) is 4.98 Å². The summed E-state index contributed by atoms with van der Waals surface area (Å²) in [6, 6.07) is 7.38. The summed E-state index contributed by atoms with van der Waals surface area (Å²) < 4.78 is 13.4. The maximum absolute atomic E-state index is 5.68. The van der Waals surface area contributed by atoms with E-state index in [4.69, 9.17) is 19.4 Å². The quantitative estimate of drug-likeness (QED) is 0.610. The Balaban J connectivity index is 1.94. The molecule has 0 saturated heterocycles. The fourth-order valence-corrected chi connectivity index (χ4v) is 4.14. The lowest BCUT2D eigenvalue weighted by Gasteiger charge is -2.19. The summed E-state index contributed by atoms with van der Waals surface area (Å²) in [5, 5.41) is 0. The van der Waals surface area contributed by atoms with Crippen molar-refractivity contribution in [2.45, 2.75) is 46.1 Å². The number of hydrogen-bond donors (Lipinski definition) is 0. The van der Waals surface area contributed by atoms with Gasteiger partial charge in [-0.1, -0.05) is 6.92 Å². The lowest BCUT2D eigenvalue weighted by Crippen LogP contribution is -2.11. The summed E-state index contributed by atoms with van der Waals surface area (Å²) >= 11 is 0. The Labute approximate surface area is 160 Å². The van der Waals surface area contributed by atoms with Crippen molar-refractivity contribution in [2.75, 3.05) is 14.2 Å². The maximum Gasteiger partial charge on any atom is 0.297 e. The average Bonchev–Trinajstić information content (AvgIpc) is 3.44. The molecule has 142 valence electrons. The Bertz CT molecular complexity index is 989. The molecule has 1 unspecified atom stereocenters. The van der Waals surface area contributed by atoms with E-state index in [1.54, 1.807) is 14.2 Å². The molecular weight excluding hydrogens is 338 g/mol. The molecule has 1 aliphatic rings. The fraction of sp³-hybridized carbons (Fsp3) is 0.455. The van der Waals surface area contributed by atoms with Crippen LogP contribution in [-0.4, -0.2) is 28.8 Å². The van der Waals surface area contributed by atoms with Crippen molar-refractivity contribution in [3.8, 4) is 23.0 Å². The summed E-state index contributed by atoms with van der Waals surface area (Å²) in [7, 11) is 3.41. The molecule has 1 aliphatic carbocycles. The summed E-state index contributed by atoms with van der Waals surface area (Å²) in [6.07, 6.45) is 5.53. The van der Waals surface area contributed by atoms with Gasteiger partial charge in [-0.05, 0) is 68.4 Å². The molecule has 2 heterocycles. The van der Waals surface area contributed by atoms with Crippen molar-refractivity contribution in [3.63, 3.8) is 0 Å². The van der Waals surface area contributed by atoms with Crippen LogP contribution < -0.4 is 9.47 Å². The second-order valence-electron chi connectivity index (χ2n) is 7.45. The van der Waals surface area contributed by atoms with Gasteiger partial charge in [-0.3, -0.25) is 9.55 Å². The van der Waals surface area contributed by atoms with Crippen LogP contribution in [0.1, 0.15) is 43.4 Å². The number of rotatable bonds is 6. The van der Waals surface area contributed by atoms with Gasteiger partial charge in [0.2, 0.25) is 0 Å². The highest BCUT2D eigenvalue weighted by Crippen LogP contribution is 2.45. The van der Waals surface area contributed by atoms with Gasteiger partial charge in [-0.15, -0.1) is 0 Å². The molecule has 1 atom stereocenters. The molecule has 27 heavy (non-hydrogen) atoms. The number of aromatic nitrogens is 3. The largest absolute Gasteiger partial charge is 0.496 e. The van der Waals surface area contributed by atoms with Crippen molar-refractivity contribution in [3.05, 3.63) is 35.5 Å². The van der Waals surface area contributed by atoms with Crippen LogP contribution in [-0.2, 0) is 0 Å². The van der Waals surface area contributed by atoms with Crippen LogP contribution in [0.5, 0.6) is 11.8 Å². The van der Waals surface area contributed by atoms with Crippen LogP contribution >= 0.6 is 0 Å². The third-order valence-corrected chi connectivity index (χ3v) is 5.67. The summed E-state index contributed by atoms with van der Waals surface area (Å²) in [6.45, 7) is 6.39. The monoisotopic (exact) mass is 365 g/mol. The predicted octanol–water partition coefficient (Wildman–Crippen LogP) is 5.09. The normalized spacial score (nSPS) is 15.1. The molecular formula is C22H27N3O2. The molecule has 0 N–H and O–H groups in total. The SMILES string of the molecule is CCC(C1CC1)n1c(OC)nc2c(-c3cc(C)c(OC)cc3C)nccc21. The smallest absolute Gasteiger partial charge is 0.297 e. The predicted molar refractivity (Wildman–Crippen MR) is 108 cm³/mol. The van der Waals surface area contributed by atoms with E-state index in [9.17, 15) is 0 Å². The first-order chi connectivity index (χ1) is 13.1. The van der Waals surface area contributed by atoms with Gasteiger partial charge in [-0.25, -0.2) is 0 Å². The Morgan fingerprint density at radius 1 is 1.15 bits per heavy atom. The molecule has 0 spiro atoms. The Morgan fingerprint density at radius 3 is 2.56 bits per heavy atom. The summed E-state index contributed by atoms with van der Waals surface area (Å²) in [5.74, 6) is 1.62. The molecule has 0 bridgehead atoms. The maximum atomic E-state index is 5.68. The van der Waals surface area contributed by atoms with Crippen LogP contribution in [0.15, 0.2) is 24.4 Å². The van der Waals surface area contributed by atoms with E-state index in [0.717, 1.165) is 51.5 Å². The second-order valence-corrected chi connectivity index (χ2v) is 7.45. The Hall–Kier alpha value is -2.56. The van der Waals surface area contributed by atoms with E-state index >= 15 is 0 Å². The van der Waals surface area contributed by atoms with Crippen molar-refractivity contribution < 1.29 is 9.47 Å². The van der Waals surface area contributed by atoms with E-state index in [1.807, 2.05) is 6.20 Å². The average molecular weight is 365 g/mol. The molecule has 0 radical (unpaired) electrons. The van der Waals surface area contributed by atoms with Gasteiger partial charge >= 0.3 is 0 Å². The number of pyridine rings is 1. The highest BCUT2D eigenvalue weighted by atomic mass is 16.5. The minimum Gasteiger partial charge on any atom is -0.496 e. The van der Waals surface area contributed by atoms with Crippen LogP contribution in [0.2, 0.25) is 0 Å². The summed E-state index contributed by atoms with van der Waals surface area (Å²) in [5.41, 5.74) is 6.21. The van der Waals surface area contributed by atoms with Crippen molar-refractivity contribution in [1.29, 1.82) is 0 Å². The standard InChI is InChI=1S/C22H27N3O2/c1-6-17(15-7-8-15)25-18-9-10-23-20(21(18)24-22(25)27-5)16-11-14(3)19(26-4)12-13(16)2/h9-12,15,17H,6-8H2,1-5H3. The first kappa shape index (κ1) is 17.8. The lowest BCUT2D eigenvalue weighted by atomic mass is 10.0. The highest BCUT2D eigenvalue weighted by molar-refractivity contribution is 5.91. The molecule has 3 aromatic rings. The van der Waals surface area contributed by atoms with E-state index in [2.05, 4.69) is 43.5 Å². The number of nitrogens with zero attached hydrogens (tertiary/aromatic N) is 3. The van der Waals surface area contributed by atoms with Crippen LogP contribution in [0.3, 0.4) is 0 Å². The van der Waals surface area contributed by atoms with Gasteiger partial charge in [0, 0.05) is 17.8 Å². The summed E-state index contributed by atoms with van der Waals surface area (Å²) in [4.78, 5) is 9.54. The van der Waals surface area contributed by atoms with Gasteiger partial charge < -0.3 is 9.47 Å². The van der Waals surface area contributed by atoms with Crippen LogP contribution in [0, 0.1) is 19.8 Å². The number of ether oxygens (including phenoxy) is 2. The van der Waals surface area contributed by atoms with Crippen molar-refractivity contribution >= 4 is 11.0 Å². The van der Waals surface area contributed by atoms with E-state index in [-0.39, 0.29) is 0 Å². The molecule has 5 heteroatoms. The first-order valence-corrected chi connectivity index (χ1v) is 9.65. The van der Waals surface area contributed by atoms with Crippen LogP contribution in [0.4, 0.5) is 0 Å². The van der Waals surface area contributed by atoms with Gasteiger partial charge in [0.05, 0.1) is 25.4 Å². The Kier molecular flexibility index (Phi) is 4.54. The number of aryl methyl sites for hydroxylation is 2. The number of fused-ring (bicyclic) bond motifs is 1. The minimum atomic E-state index is 0.430. The molecule has 0 amide bonds. The topological polar surface area (TPSA) is 49.2 Å². The highest BCUT2D eigenvalue weighted by Gasteiger charge is 2.34. The molecule has 4 rings (SSSR count). The van der Waals surface area contributed by atoms with Gasteiger partial charge in [0.25, 0.3) is 6.01 Å². The zero-order chi connectivity index (χ0) is 19.1. The number of imidazole rings is 1. The molecule has 2 aromatic heterocycles. The third-order valence-electron chi connectivity index (χ3n) is 5.67. The second kappa shape index (κ2) is 6.87.